The van der Waals surface area contributed by atoms with Crippen LogP contribution in [-0.4, -0.2) is 65.8 Å². The lowest BCUT2D eigenvalue weighted by atomic mass is 10.1. The van der Waals surface area contributed by atoms with Crippen molar-refractivity contribution in [1.82, 2.24) is 25.4 Å². The second-order valence-electron chi connectivity index (χ2n) is 7.90. The molecular formula is C20H36N6O2. The highest BCUT2D eigenvalue weighted by Crippen LogP contribution is 2.17. The number of hydrogen-bond acceptors (Lipinski definition) is 5. The van der Waals surface area contributed by atoms with Gasteiger partial charge in [-0.1, -0.05) is 13.8 Å². The van der Waals surface area contributed by atoms with Crippen LogP contribution in [-0.2, 0) is 22.4 Å². The lowest BCUT2D eigenvalue weighted by molar-refractivity contribution is -0.0318. The Morgan fingerprint density at radius 2 is 2.14 bits per heavy atom. The van der Waals surface area contributed by atoms with Gasteiger partial charge in [-0.05, 0) is 32.6 Å². The maximum absolute atomic E-state index is 5.93. The van der Waals surface area contributed by atoms with Gasteiger partial charge in [0, 0.05) is 51.3 Å². The van der Waals surface area contributed by atoms with Gasteiger partial charge in [-0.2, -0.15) is 5.10 Å². The summed E-state index contributed by atoms with van der Waals surface area (Å²) in [4.78, 5) is 9.39. The van der Waals surface area contributed by atoms with Crippen molar-refractivity contribution < 1.29 is 9.47 Å². The molecule has 3 rings (SSSR count). The highest BCUT2D eigenvalue weighted by atomic mass is 16.5. The number of ether oxygens (including phenoxy) is 2. The predicted octanol–water partition coefficient (Wildman–Crippen LogP) is 1.86. The Bertz CT molecular complexity index is 624. The van der Waals surface area contributed by atoms with Crippen molar-refractivity contribution >= 4 is 5.96 Å². The van der Waals surface area contributed by atoms with E-state index < -0.39 is 0 Å². The highest BCUT2D eigenvalue weighted by Gasteiger charge is 2.23. The van der Waals surface area contributed by atoms with E-state index in [1.165, 1.54) is 0 Å². The minimum Gasteiger partial charge on any atom is -0.381 e. The molecule has 0 saturated carbocycles. The zero-order valence-electron chi connectivity index (χ0n) is 17.6. The Balaban J connectivity index is 1.43. The first kappa shape index (κ1) is 21.0. The lowest BCUT2D eigenvalue weighted by Crippen LogP contribution is -2.47. The summed E-state index contributed by atoms with van der Waals surface area (Å²) in [7, 11) is 0. The smallest absolute Gasteiger partial charge is 0.191 e. The van der Waals surface area contributed by atoms with E-state index in [0.717, 1.165) is 89.2 Å². The predicted molar refractivity (Wildman–Crippen MR) is 110 cm³/mol. The Labute approximate surface area is 168 Å². The van der Waals surface area contributed by atoms with Crippen molar-refractivity contribution in [3.8, 4) is 0 Å². The molecule has 1 aromatic heterocycles. The second kappa shape index (κ2) is 10.8. The molecule has 1 saturated heterocycles. The number of nitrogens with one attached hydrogen (secondary N) is 2. The molecule has 1 atom stereocenters. The van der Waals surface area contributed by atoms with Crippen molar-refractivity contribution in [3.05, 3.63) is 11.6 Å². The summed E-state index contributed by atoms with van der Waals surface area (Å²) in [6.45, 7) is 11.2. The van der Waals surface area contributed by atoms with Gasteiger partial charge in [0.2, 0.25) is 0 Å². The third-order valence-corrected chi connectivity index (χ3v) is 5.17. The molecule has 1 unspecified atom stereocenters. The van der Waals surface area contributed by atoms with E-state index in [-0.39, 0.29) is 0 Å². The molecule has 28 heavy (non-hydrogen) atoms. The minimum absolute atomic E-state index is 0.325. The molecule has 8 heteroatoms. The lowest BCUT2D eigenvalue weighted by Gasteiger charge is -2.25. The van der Waals surface area contributed by atoms with Gasteiger partial charge in [0.25, 0.3) is 0 Å². The average molecular weight is 393 g/mol. The Hall–Kier alpha value is -1.67. The standard InChI is InChI=1S/C20H36N6O2/c1-4-21-20(22-10-5-11-28-17-8-12-27-13-9-17)23-16-6-7-18-24-19(15(2)3)25-26(18)14-16/h15-17H,4-14H2,1-3H3,(H2,21,22,23). The molecule has 1 fully saturated rings. The Morgan fingerprint density at radius 1 is 1.32 bits per heavy atom. The van der Waals surface area contributed by atoms with Crippen LogP contribution in [0.3, 0.4) is 0 Å². The molecule has 0 aromatic carbocycles. The van der Waals surface area contributed by atoms with Gasteiger partial charge in [0.15, 0.2) is 11.8 Å². The average Bonchev–Trinajstić information content (AvgIpc) is 3.12. The monoisotopic (exact) mass is 392 g/mol. The first-order chi connectivity index (χ1) is 13.7. The van der Waals surface area contributed by atoms with Crippen LogP contribution < -0.4 is 10.6 Å². The van der Waals surface area contributed by atoms with Gasteiger partial charge in [-0.3, -0.25) is 4.99 Å². The molecule has 2 aliphatic heterocycles. The summed E-state index contributed by atoms with van der Waals surface area (Å²) in [6.07, 6.45) is 5.32. The molecule has 0 aliphatic carbocycles. The molecule has 158 valence electrons. The largest absolute Gasteiger partial charge is 0.381 e. The summed E-state index contributed by atoms with van der Waals surface area (Å²) in [5, 5.41) is 11.6. The fourth-order valence-corrected chi connectivity index (χ4v) is 3.55. The Kier molecular flexibility index (Phi) is 8.09. The van der Waals surface area contributed by atoms with Crippen molar-refractivity contribution in [2.45, 2.75) is 77.5 Å². The van der Waals surface area contributed by atoms with Crippen molar-refractivity contribution in [2.24, 2.45) is 4.99 Å². The molecule has 3 heterocycles. The van der Waals surface area contributed by atoms with E-state index in [9.17, 15) is 0 Å². The first-order valence-corrected chi connectivity index (χ1v) is 10.8. The summed E-state index contributed by atoms with van der Waals surface area (Å²) in [5.74, 6) is 3.30. The van der Waals surface area contributed by atoms with Gasteiger partial charge < -0.3 is 20.1 Å². The topological polar surface area (TPSA) is 85.6 Å². The zero-order chi connectivity index (χ0) is 19.8. The van der Waals surface area contributed by atoms with Crippen LogP contribution in [0.15, 0.2) is 4.99 Å². The fourth-order valence-electron chi connectivity index (χ4n) is 3.55. The van der Waals surface area contributed by atoms with Crippen molar-refractivity contribution in [1.29, 1.82) is 0 Å². The minimum atomic E-state index is 0.325. The molecular weight excluding hydrogens is 356 g/mol. The first-order valence-electron chi connectivity index (χ1n) is 10.8. The van der Waals surface area contributed by atoms with Crippen LogP contribution >= 0.6 is 0 Å². The number of fused-ring (bicyclic) bond motifs is 1. The maximum atomic E-state index is 5.93. The van der Waals surface area contributed by atoms with E-state index in [1.807, 2.05) is 0 Å². The van der Waals surface area contributed by atoms with Crippen LogP contribution in [0.1, 0.15) is 64.0 Å². The van der Waals surface area contributed by atoms with Crippen LogP contribution in [0.5, 0.6) is 0 Å². The summed E-state index contributed by atoms with van der Waals surface area (Å²) in [6, 6.07) is 0.325. The normalized spacial score (nSPS) is 21.0. The van der Waals surface area contributed by atoms with Gasteiger partial charge >= 0.3 is 0 Å². The number of hydrogen-bond donors (Lipinski definition) is 2. The van der Waals surface area contributed by atoms with E-state index in [2.05, 4.69) is 46.2 Å². The summed E-state index contributed by atoms with van der Waals surface area (Å²) in [5.41, 5.74) is 0. The summed E-state index contributed by atoms with van der Waals surface area (Å²) >= 11 is 0. The van der Waals surface area contributed by atoms with Gasteiger partial charge in [-0.25, -0.2) is 9.67 Å². The number of rotatable bonds is 8. The van der Waals surface area contributed by atoms with Crippen LogP contribution in [0, 0.1) is 0 Å². The molecule has 0 bridgehead atoms. The van der Waals surface area contributed by atoms with Crippen LogP contribution in [0.4, 0.5) is 0 Å². The van der Waals surface area contributed by atoms with Crippen molar-refractivity contribution in [2.75, 3.05) is 32.9 Å². The Morgan fingerprint density at radius 3 is 2.89 bits per heavy atom. The van der Waals surface area contributed by atoms with Crippen molar-refractivity contribution in [3.63, 3.8) is 0 Å². The fraction of sp³-hybridized carbons (Fsp3) is 0.850. The van der Waals surface area contributed by atoms with Gasteiger partial charge in [0.1, 0.15) is 5.82 Å². The van der Waals surface area contributed by atoms with E-state index in [0.29, 0.717) is 18.1 Å². The zero-order valence-corrected chi connectivity index (χ0v) is 17.6. The molecule has 0 radical (unpaired) electrons. The number of nitrogens with zero attached hydrogens (tertiary/aromatic N) is 4. The number of guanidine groups is 1. The third kappa shape index (κ3) is 6.17. The quantitative estimate of drug-likeness (QED) is 0.399. The molecule has 2 aliphatic rings. The number of aryl methyl sites for hydroxylation is 1. The number of aliphatic imine (C=N–C) groups is 1. The molecule has 8 nitrogen and oxygen atoms in total. The van der Waals surface area contributed by atoms with Gasteiger partial charge in [0.05, 0.1) is 12.6 Å². The number of aromatic nitrogens is 3. The maximum Gasteiger partial charge on any atom is 0.191 e. The molecule has 1 aromatic rings. The van der Waals surface area contributed by atoms with E-state index in [1.54, 1.807) is 0 Å². The molecule has 0 amide bonds. The molecule has 0 spiro atoms. The van der Waals surface area contributed by atoms with Gasteiger partial charge in [-0.15, -0.1) is 0 Å². The van der Waals surface area contributed by atoms with Crippen LogP contribution in [0.2, 0.25) is 0 Å². The highest BCUT2D eigenvalue weighted by molar-refractivity contribution is 5.80. The van der Waals surface area contributed by atoms with E-state index in [4.69, 9.17) is 14.5 Å². The third-order valence-electron chi connectivity index (χ3n) is 5.17. The molecule has 2 N–H and O–H groups in total. The second-order valence-corrected chi connectivity index (χ2v) is 7.90. The SMILES string of the molecule is CCNC(=NCCCOC1CCOCC1)NC1CCc2nc(C(C)C)nn2C1. The van der Waals surface area contributed by atoms with Crippen LogP contribution in [0.25, 0.3) is 0 Å². The van der Waals surface area contributed by atoms with E-state index >= 15 is 0 Å². The summed E-state index contributed by atoms with van der Waals surface area (Å²) < 4.78 is 13.3.